The topological polar surface area (TPSA) is 53.7 Å². The summed E-state index contributed by atoms with van der Waals surface area (Å²) < 4.78 is 22.6. The van der Waals surface area contributed by atoms with Crippen molar-refractivity contribution < 1.29 is 18.6 Å². The summed E-state index contributed by atoms with van der Waals surface area (Å²) in [6.07, 6.45) is 1.80. The molecule has 0 N–H and O–H groups in total. The third-order valence-electron chi connectivity index (χ3n) is 4.69. The van der Waals surface area contributed by atoms with Crippen LogP contribution in [0.1, 0.15) is 5.56 Å². The van der Waals surface area contributed by atoms with Gasteiger partial charge in [0.1, 0.15) is 11.3 Å². The van der Waals surface area contributed by atoms with E-state index in [0.717, 1.165) is 27.8 Å². The van der Waals surface area contributed by atoms with Crippen molar-refractivity contribution in [1.82, 2.24) is 4.98 Å². The molecule has 0 spiro atoms. The second-order valence-corrected chi connectivity index (χ2v) is 6.47. The third kappa shape index (κ3) is 3.05. The van der Waals surface area contributed by atoms with Crippen molar-refractivity contribution in [3.8, 4) is 39.7 Å². The zero-order valence-corrected chi connectivity index (χ0v) is 16.3. The van der Waals surface area contributed by atoms with E-state index in [4.69, 9.17) is 18.6 Å². The molecule has 0 aliphatic carbocycles. The fourth-order valence-electron chi connectivity index (χ4n) is 3.34. The second kappa shape index (κ2) is 7.27. The van der Waals surface area contributed by atoms with Crippen LogP contribution in [0.3, 0.4) is 0 Å². The van der Waals surface area contributed by atoms with E-state index in [-0.39, 0.29) is 0 Å². The van der Waals surface area contributed by atoms with Gasteiger partial charge < -0.3 is 18.6 Å². The van der Waals surface area contributed by atoms with Crippen molar-refractivity contribution in [3.05, 3.63) is 60.3 Å². The van der Waals surface area contributed by atoms with Crippen LogP contribution in [0.2, 0.25) is 0 Å². The maximum atomic E-state index is 6.24. The number of hydrogen-bond donors (Lipinski definition) is 0. The summed E-state index contributed by atoms with van der Waals surface area (Å²) >= 11 is 0. The van der Waals surface area contributed by atoms with Crippen molar-refractivity contribution in [2.45, 2.75) is 6.92 Å². The average Bonchev–Trinajstić information content (AvgIpc) is 3.17. The van der Waals surface area contributed by atoms with Crippen LogP contribution in [-0.4, -0.2) is 26.3 Å². The normalized spacial score (nSPS) is 10.9. The number of fused-ring (bicyclic) bond motifs is 1. The van der Waals surface area contributed by atoms with Gasteiger partial charge in [-0.2, -0.15) is 0 Å². The summed E-state index contributed by atoms with van der Waals surface area (Å²) in [6, 6.07) is 16.0. The number of aryl methyl sites for hydroxylation is 1. The monoisotopic (exact) mass is 375 g/mol. The minimum atomic E-state index is 0.545. The zero-order chi connectivity index (χ0) is 19.7. The number of furan rings is 1. The largest absolute Gasteiger partial charge is 0.493 e. The Morgan fingerprint density at radius 1 is 0.821 bits per heavy atom. The molecular weight excluding hydrogens is 354 g/mol. The number of ether oxygens (including phenoxy) is 3. The third-order valence-corrected chi connectivity index (χ3v) is 4.69. The predicted octanol–water partition coefficient (Wildman–Crippen LogP) is 5.50. The first-order chi connectivity index (χ1) is 13.6. The lowest BCUT2D eigenvalue weighted by Gasteiger charge is -2.13. The van der Waals surface area contributed by atoms with Crippen molar-refractivity contribution in [3.63, 3.8) is 0 Å². The first-order valence-electron chi connectivity index (χ1n) is 8.90. The van der Waals surface area contributed by atoms with Gasteiger partial charge in [0, 0.05) is 23.4 Å². The highest BCUT2D eigenvalue weighted by molar-refractivity contribution is 5.92. The molecular formula is C23H21NO4. The molecule has 0 saturated carbocycles. The maximum absolute atomic E-state index is 6.24. The van der Waals surface area contributed by atoms with Gasteiger partial charge in [0.05, 0.1) is 21.3 Å². The minimum absolute atomic E-state index is 0.545. The Balaban J connectivity index is 1.89. The number of aromatic nitrogens is 1. The Morgan fingerprint density at radius 2 is 1.57 bits per heavy atom. The molecule has 0 bridgehead atoms. The molecule has 0 aliphatic rings. The molecule has 2 heterocycles. The van der Waals surface area contributed by atoms with Crippen molar-refractivity contribution in [1.29, 1.82) is 0 Å². The number of methoxy groups -OCH3 is 3. The number of benzene rings is 2. The maximum Gasteiger partial charge on any atom is 0.203 e. The molecule has 2 aromatic carbocycles. The van der Waals surface area contributed by atoms with E-state index >= 15 is 0 Å². The van der Waals surface area contributed by atoms with Crippen LogP contribution in [0.15, 0.2) is 59.1 Å². The quantitative estimate of drug-likeness (QED) is 0.461. The Hall–Kier alpha value is -3.47. The van der Waals surface area contributed by atoms with Crippen LogP contribution in [0, 0.1) is 6.92 Å². The van der Waals surface area contributed by atoms with Crippen LogP contribution < -0.4 is 14.2 Å². The Kier molecular flexibility index (Phi) is 4.65. The van der Waals surface area contributed by atoms with Crippen LogP contribution >= 0.6 is 0 Å². The Morgan fingerprint density at radius 3 is 2.21 bits per heavy atom. The van der Waals surface area contributed by atoms with E-state index in [9.17, 15) is 0 Å². The lowest BCUT2D eigenvalue weighted by Crippen LogP contribution is -1.95. The number of pyridine rings is 1. The Bertz CT molecular complexity index is 1120. The van der Waals surface area contributed by atoms with Crippen LogP contribution in [0.5, 0.6) is 17.2 Å². The first-order valence-corrected chi connectivity index (χ1v) is 8.90. The molecule has 0 fully saturated rings. The first kappa shape index (κ1) is 17.9. The summed E-state index contributed by atoms with van der Waals surface area (Å²) in [5.41, 5.74) is 5.66. The van der Waals surface area contributed by atoms with Crippen LogP contribution in [-0.2, 0) is 0 Å². The molecule has 0 amide bonds. The molecule has 0 radical (unpaired) electrons. The molecule has 4 rings (SSSR count). The molecule has 142 valence electrons. The SMILES string of the molecule is COc1cc(-c2cc3nccc(-c4cccc(C)c4)c3o2)cc(OC)c1OC. The molecule has 28 heavy (non-hydrogen) atoms. The van der Waals surface area contributed by atoms with Gasteiger partial charge in [0.25, 0.3) is 0 Å². The van der Waals surface area contributed by atoms with Gasteiger partial charge in [-0.1, -0.05) is 29.8 Å². The van der Waals surface area contributed by atoms with E-state index < -0.39 is 0 Å². The van der Waals surface area contributed by atoms with Crippen molar-refractivity contribution in [2.24, 2.45) is 0 Å². The summed E-state index contributed by atoms with van der Waals surface area (Å²) in [7, 11) is 4.77. The predicted molar refractivity (Wildman–Crippen MR) is 109 cm³/mol. The van der Waals surface area contributed by atoms with Crippen molar-refractivity contribution in [2.75, 3.05) is 21.3 Å². The van der Waals surface area contributed by atoms with Gasteiger partial charge >= 0.3 is 0 Å². The summed E-state index contributed by atoms with van der Waals surface area (Å²) in [5, 5.41) is 0. The summed E-state index contributed by atoms with van der Waals surface area (Å²) in [5.74, 6) is 2.37. The number of nitrogens with zero attached hydrogens (tertiary/aromatic N) is 1. The number of hydrogen-bond acceptors (Lipinski definition) is 5. The smallest absolute Gasteiger partial charge is 0.203 e. The fraction of sp³-hybridized carbons (Fsp3) is 0.174. The summed E-state index contributed by atoms with van der Waals surface area (Å²) in [6.45, 7) is 2.07. The molecule has 0 unspecified atom stereocenters. The average molecular weight is 375 g/mol. The highest BCUT2D eigenvalue weighted by atomic mass is 16.5. The molecule has 5 nitrogen and oxygen atoms in total. The van der Waals surface area contributed by atoms with E-state index in [1.807, 2.05) is 30.3 Å². The molecule has 0 saturated heterocycles. The summed E-state index contributed by atoms with van der Waals surface area (Å²) in [4.78, 5) is 4.47. The molecule has 2 aromatic heterocycles. The molecule has 0 aliphatic heterocycles. The zero-order valence-electron chi connectivity index (χ0n) is 16.3. The van der Waals surface area contributed by atoms with E-state index in [2.05, 4.69) is 30.1 Å². The Labute approximate surface area is 163 Å². The van der Waals surface area contributed by atoms with Gasteiger partial charge in [0.2, 0.25) is 5.75 Å². The van der Waals surface area contributed by atoms with Gasteiger partial charge in [-0.05, 0) is 30.7 Å². The minimum Gasteiger partial charge on any atom is -0.493 e. The lowest BCUT2D eigenvalue weighted by atomic mass is 10.0. The van der Waals surface area contributed by atoms with Crippen molar-refractivity contribution >= 4 is 11.1 Å². The van der Waals surface area contributed by atoms with E-state index in [1.54, 1.807) is 27.5 Å². The fourth-order valence-corrected chi connectivity index (χ4v) is 3.34. The number of rotatable bonds is 5. The standard InChI is InChI=1S/C23H21NO4/c1-14-6-5-7-15(10-14)17-8-9-24-18-13-19(28-22(17)18)16-11-20(25-2)23(27-4)21(12-16)26-3/h5-13H,1-4H3. The highest BCUT2D eigenvalue weighted by Gasteiger charge is 2.18. The van der Waals surface area contributed by atoms with Gasteiger partial charge in [0.15, 0.2) is 17.1 Å². The van der Waals surface area contributed by atoms with Crippen LogP contribution in [0.4, 0.5) is 0 Å². The molecule has 5 heteroatoms. The lowest BCUT2D eigenvalue weighted by molar-refractivity contribution is 0.324. The van der Waals surface area contributed by atoms with Crippen LogP contribution in [0.25, 0.3) is 33.6 Å². The second-order valence-electron chi connectivity index (χ2n) is 6.47. The van der Waals surface area contributed by atoms with E-state index in [0.29, 0.717) is 23.0 Å². The van der Waals surface area contributed by atoms with Gasteiger partial charge in [-0.15, -0.1) is 0 Å². The van der Waals surface area contributed by atoms with Gasteiger partial charge in [-0.25, -0.2) is 0 Å². The van der Waals surface area contributed by atoms with E-state index in [1.165, 1.54) is 5.56 Å². The molecule has 0 atom stereocenters. The highest BCUT2D eigenvalue weighted by Crippen LogP contribution is 2.42. The van der Waals surface area contributed by atoms with Gasteiger partial charge in [-0.3, -0.25) is 4.98 Å². The molecule has 4 aromatic rings.